The van der Waals surface area contributed by atoms with Crippen LogP contribution in [-0.4, -0.2) is 42.8 Å². The summed E-state index contributed by atoms with van der Waals surface area (Å²) in [6, 6.07) is 2.81. The van der Waals surface area contributed by atoms with Crippen molar-refractivity contribution in [2.24, 2.45) is 5.92 Å². The van der Waals surface area contributed by atoms with Crippen LogP contribution in [0.5, 0.6) is 0 Å². The van der Waals surface area contributed by atoms with Gasteiger partial charge in [0.25, 0.3) is 5.56 Å². The summed E-state index contributed by atoms with van der Waals surface area (Å²) in [7, 11) is -3.82. The van der Waals surface area contributed by atoms with Crippen LogP contribution >= 0.6 is 0 Å². The quantitative estimate of drug-likeness (QED) is 0.817. The fourth-order valence-corrected chi connectivity index (χ4v) is 4.23. The van der Waals surface area contributed by atoms with Crippen molar-refractivity contribution in [3.8, 4) is 0 Å². The maximum Gasteiger partial charge on any atom is 0.271 e. The molecule has 24 heavy (non-hydrogen) atoms. The Morgan fingerprint density at radius 1 is 1.33 bits per heavy atom. The highest BCUT2D eigenvalue weighted by molar-refractivity contribution is 7.89. The van der Waals surface area contributed by atoms with Gasteiger partial charge in [-0.1, -0.05) is 13.8 Å². The molecule has 134 valence electrons. The summed E-state index contributed by atoms with van der Waals surface area (Å²) in [4.78, 5) is 24.0. The molecule has 1 aliphatic heterocycles. The van der Waals surface area contributed by atoms with Crippen molar-refractivity contribution < 1.29 is 13.2 Å². The largest absolute Gasteiger partial charge is 0.355 e. The van der Waals surface area contributed by atoms with Crippen LogP contribution in [0, 0.1) is 5.92 Å². The number of pyridine rings is 1. The number of nitrogens with zero attached hydrogens (tertiary/aromatic N) is 2. The topological polar surface area (TPSA) is 88.5 Å². The Kier molecular flexibility index (Phi) is 6.17. The fraction of sp³-hybridized carbons (Fsp3) is 0.625. The highest BCUT2D eigenvalue weighted by atomic mass is 32.2. The maximum atomic E-state index is 12.7. The van der Waals surface area contributed by atoms with Gasteiger partial charge in [0.05, 0.1) is 0 Å². The van der Waals surface area contributed by atoms with Gasteiger partial charge in [-0.15, -0.1) is 0 Å². The average molecular weight is 355 g/mol. The number of piperidine rings is 1. The van der Waals surface area contributed by atoms with Crippen molar-refractivity contribution in [3.63, 3.8) is 0 Å². The number of carbonyl (C=O) groups excluding carboxylic acids is 1. The van der Waals surface area contributed by atoms with Crippen molar-refractivity contribution in [2.45, 2.75) is 44.6 Å². The van der Waals surface area contributed by atoms with E-state index in [0.717, 1.165) is 23.8 Å². The van der Waals surface area contributed by atoms with Crippen LogP contribution in [0.1, 0.15) is 33.1 Å². The van der Waals surface area contributed by atoms with E-state index in [1.54, 1.807) is 0 Å². The molecular formula is C16H25N3O4S. The van der Waals surface area contributed by atoms with E-state index in [1.165, 1.54) is 22.6 Å². The van der Waals surface area contributed by atoms with E-state index < -0.39 is 15.6 Å². The second kappa shape index (κ2) is 7.94. The van der Waals surface area contributed by atoms with Crippen molar-refractivity contribution in [3.05, 3.63) is 28.7 Å². The third-order valence-corrected chi connectivity index (χ3v) is 6.14. The normalized spacial score (nSPS) is 16.9. The second-order valence-electron chi connectivity index (χ2n) is 6.24. The van der Waals surface area contributed by atoms with Crippen molar-refractivity contribution >= 4 is 15.9 Å². The molecule has 1 saturated heterocycles. The molecule has 2 rings (SSSR count). The molecule has 1 aliphatic rings. The Hall–Kier alpha value is -1.67. The Morgan fingerprint density at radius 2 is 2.00 bits per heavy atom. The molecule has 1 fully saturated rings. The van der Waals surface area contributed by atoms with E-state index in [-0.39, 0.29) is 17.3 Å². The van der Waals surface area contributed by atoms with Crippen molar-refractivity contribution in [2.75, 3.05) is 19.6 Å². The van der Waals surface area contributed by atoms with Crippen molar-refractivity contribution in [1.82, 2.24) is 14.2 Å². The van der Waals surface area contributed by atoms with Crippen LogP contribution in [0.25, 0.3) is 0 Å². The standard InChI is InChI=1S/C16H25N3O4S/c1-3-8-17-15(20)12-18-9-4-5-14(16(18)21)24(22,23)19-10-6-13(2)7-11-19/h4-5,9,13H,3,6-8,10-12H2,1-2H3,(H,17,20). The van der Waals surface area contributed by atoms with Gasteiger partial charge in [0.1, 0.15) is 11.4 Å². The number of rotatable bonds is 6. The third-order valence-electron chi connectivity index (χ3n) is 4.23. The van der Waals surface area contributed by atoms with Gasteiger partial charge in [0, 0.05) is 25.8 Å². The number of sulfonamides is 1. The van der Waals surface area contributed by atoms with Crippen LogP contribution < -0.4 is 10.9 Å². The van der Waals surface area contributed by atoms with E-state index in [2.05, 4.69) is 12.2 Å². The van der Waals surface area contributed by atoms with Crippen LogP contribution in [0.4, 0.5) is 0 Å². The first kappa shape index (κ1) is 18.7. The number of aromatic nitrogens is 1. The molecule has 0 unspecified atom stereocenters. The van der Waals surface area contributed by atoms with Crippen LogP contribution in [0.2, 0.25) is 0 Å². The first-order chi connectivity index (χ1) is 11.4. The molecule has 0 aliphatic carbocycles. The molecule has 2 heterocycles. The molecule has 0 radical (unpaired) electrons. The SMILES string of the molecule is CCCNC(=O)Cn1cccc(S(=O)(=O)N2CCC(C)CC2)c1=O. The summed E-state index contributed by atoms with van der Waals surface area (Å²) < 4.78 is 28.0. The van der Waals surface area contributed by atoms with Gasteiger partial charge in [-0.2, -0.15) is 4.31 Å². The number of hydrogen-bond acceptors (Lipinski definition) is 4. The Morgan fingerprint density at radius 3 is 2.62 bits per heavy atom. The molecule has 0 atom stereocenters. The molecule has 0 bridgehead atoms. The van der Waals surface area contributed by atoms with Gasteiger partial charge in [-0.25, -0.2) is 8.42 Å². The summed E-state index contributed by atoms with van der Waals surface area (Å²) >= 11 is 0. The first-order valence-corrected chi connectivity index (χ1v) is 9.76. The minimum Gasteiger partial charge on any atom is -0.355 e. The van der Waals surface area contributed by atoms with E-state index in [1.807, 2.05) is 6.92 Å². The lowest BCUT2D eigenvalue weighted by molar-refractivity contribution is -0.121. The van der Waals surface area contributed by atoms with E-state index >= 15 is 0 Å². The van der Waals surface area contributed by atoms with Crippen molar-refractivity contribution in [1.29, 1.82) is 0 Å². The Bertz CT molecular complexity index is 734. The number of nitrogens with one attached hydrogen (secondary N) is 1. The van der Waals surface area contributed by atoms with E-state index in [4.69, 9.17) is 0 Å². The lowest BCUT2D eigenvalue weighted by Crippen LogP contribution is -2.41. The van der Waals surface area contributed by atoms with Gasteiger partial charge in [-0.3, -0.25) is 9.59 Å². The highest BCUT2D eigenvalue weighted by Gasteiger charge is 2.30. The second-order valence-corrected chi connectivity index (χ2v) is 8.15. The number of amides is 1. The average Bonchev–Trinajstić information content (AvgIpc) is 2.55. The highest BCUT2D eigenvalue weighted by Crippen LogP contribution is 2.21. The molecule has 0 spiro atoms. The number of carbonyl (C=O) groups is 1. The van der Waals surface area contributed by atoms with Crippen LogP contribution in [0.3, 0.4) is 0 Å². The molecular weight excluding hydrogens is 330 g/mol. The maximum absolute atomic E-state index is 12.7. The van der Waals surface area contributed by atoms with E-state index in [9.17, 15) is 18.0 Å². The van der Waals surface area contributed by atoms with Gasteiger partial charge in [0.2, 0.25) is 15.9 Å². The summed E-state index contributed by atoms with van der Waals surface area (Å²) in [5.41, 5.74) is -0.650. The first-order valence-electron chi connectivity index (χ1n) is 8.32. The van der Waals surface area contributed by atoms with E-state index in [0.29, 0.717) is 25.6 Å². The predicted molar refractivity (Wildman–Crippen MR) is 91.2 cm³/mol. The summed E-state index contributed by atoms with van der Waals surface area (Å²) in [6.45, 7) is 5.22. The Balaban J connectivity index is 2.23. The monoisotopic (exact) mass is 355 g/mol. The van der Waals surface area contributed by atoms with Gasteiger partial charge in [0.15, 0.2) is 0 Å². The van der Waals surface area contributed by atoms with Crippen LogP contribution in [-0.2, 0) is 21.4 Å². The molecule has 1 aromatic rings. The summed E-state index contributed by atoms with van der Waals surface area (Å²) in [6.07, 6.45) is 3.81. The zero-order valence-electron chi connectivity index (χ0n) is 14.2. The van der Waals surface area contributed by atoms with Gasteiger partial charge >= 0.3 is 0 Å². The Labute approximate surface area is 142 Å². The minimum atomic E-state index is -3.82. The zero-order valence-corrected chi connectivity index (χ0v) is 15.0. The summed E-state index contributed by atoms with van der Waals surface area (Å²) in [5, 5.41) is 2.68. The molecule has 0 saturated carbocycles. The number of hydrogen-bond donors (Lipinski definition) is 1. The zero-order chi connectivity index (χ0) is 17.7. The van der Waals surface area contributed by atoms with Crippen LogP contribution in [0.15, 0.2) is 28.0 Å². The molecule has 1 aromatic heterocycles. The molecule has 1 N–H and O–H groups in total. The predicted octanol–water partition coefficient (Wildman–Crippen LogP) is 0.795. The molecule has 8 heteroatoms. The smallest absolute Gasteiger partial charge is 0.271 e. The van der Waals surface area contributed by atoms with Gasteiger partial charge < -0.3 is 9.88 Å². The van der Waals surface area contributed by atoms with Gasteiger partial charge in [-0.05, 0) is 37.3 Å². The molecule has 0 aromatic carbocycles. The molecule has 1 amide bonds. The lowest BCUT2D eigenvalue weighted by Gasteiger charge is -2.29. The molecule has 7 nitrogen and oxygen atoms in total. The summed E-state index contributed by atoms with van der Waals surface area (Å²) in [5.74, 6) is 0.187. The third kappa shape index (κ3) is 4.24. The lowest BCUT2D eigenvalue weighted by atomic mass is 10.0. The fourth-order valence-electron chi connectivity index (χ4n) is 2.68. The minimum absolute atomic E-state index is 0.181.